The van der Waals surface area contributed by atoms with Gasteiger partial charge in [-0.2, -0.15) is 0 Å². The summed E-state index contributed by atoms with van der Waals surface area (Å²) in [5.41, 5.74) is 0.880. The lowest BCUT2D eigenvalue weighted by molar-refractivity contribution is -0.154. The number of aryl methyl sites for hydroxylation is 1. The molecule has 0 aromatic carbocycles. The van der Waals surface area contributed by atoms with Crippen LogP contribution in [0.5, 0.6) is 0 Å². The number of piperazine rings is 1. The van der Waals surface area contributed by atoms with Gasteiger partial charge in [0.2, 0.25) is 11.8 Å². The van der Waals surface area contributed by atoms with Crippen LogP contribution >= 0.6 is 11.3 Å². The minimum Gasteiger partial charge on any atom is -0.329 e. The first kappa shape index (κ1) is 11.6. The molecule has 0 radical (unpaired) electrons. The fraction of sp³-hybridized carbons (Fsp3) is 0.583. The number of rotatable bonds is 2. The largest absolute Gasteiger partial charge is 0.329 e. The van der Waals surface area contributed by atoms with E-state index in [2.05, 4.69) is 4.98 Å². The Labute approximate surface area is 109 Å². The summed E-state index contributed by atoms with van der Waals surface area (Å²) in [4.78, 5) is 31.9. The van der Waals surface area contributed by atoms with Crippen LogP contribution in [0.3, 0.4) is 0 Å². The number of fused-ring (bicyclic) bond motifs is 1. The predicted octanol–water partition coefficient (Wildman–Crippen LogP) is 0.785. The normalized spacial score (nSPS) is 23.7. The summed E-state index contributed by atoms with van der Waals surface area (Å²) in [7, 11) is 0. The van der Waals surface area contributed by atoms with Crippen LogP contribution in [0.15, 0.2) is 5.38 Å². The first-order chi connectivity index (χ1) is 8.65. The van der Waals surface area contributed by atoms with Crippen molar-refractivity contribution in [2.24, 2.45) is 0 Å². The van der Waals surface area contributed by atoms with Crippen LogP contribution in [0.2, 0.25) is 0 Å². The molecule has 0 spiro atoms. The van der Waals surface area contributed by atoms with Gasteiger partial charge in [0.15, 0.2) is 0 Å². The molecule has 96 valence electrons. The number of carbonyl (C=O) groups excluding carboxylic acids is 2. The molecule has 2 aliphatic rings. The Bertz CT molecular complexity index is 499. The number of carbonyl (C=O) groups is 2. The number of hydrogen-bond acceptors (Lipinski definition) is 4. The molecule has 18 heavy (non-hydrogen) atoms. The zero-order valence-electron chi connectivity index (χ0n) is 10.3. The van der Waals surface area contributed by atoms with Crippen LogP contribution in [-0.2, 0) is 16.1 Å². The topological polar surface area (TPSA) is 53.5 Å². The third-order valence-corrected chi connectivity index (χ3v) is 4.34. The van der Waals surface area contributed by atoms with Crippen molar-refractivity contribution in [1.29, 1.82) is 0 Å². The standard InChI is InChI=1S/C12H15N3O2S/c1-8-13-9(7-18-8)5-14-6-11(16)15-4-2-3-10(15)12(14)17/h7,10H,2-6H2,1H3. The second-order valence-corrected chi connectivity index (χ2v) is 5.86. The summed E-state index contributed by atoms with van der Waals surface area (Å²) in [5, 5.41) is 2.94. The molecule has 2 aliphatic heterocycles. The highest BCUT2D eigenvalue weighted by Crippen LogP contribution is 2.24. The highest BCUT2D eigenvalue weighted by Gasteiger charge is 2.41. The first-order valence-electron chi connectivity index (χ1n) is 6.14. The summed E-state index contributed by atoms with van der Waals surface area (Å²) >= 11 is 1.57. The van der Waals surface area contributed by atoms with Crippen molar-refractivity contribution in [2.75, 3.05) is 13.1 Å². The smallest absolute Gasteiger partial charge is 0.246 e. The van der Waals surface area contributed by atoms with E-state index in [-0.39, 0.29) is 24.4 Å². The fourth-order valence-electron chi connectivity index (χ4n) is 2.67. The molecule has 1 atom stereocenters. The van der Waals surface area contributed by atoms with E-state index in [0.717, 1.165) is 30.1 Å². The lowest BCUT2D eigenvalue weighted by atomic mass is 10.1. The maximum atomic E-state index is 12.3. The predicted molar refractivity (Wildman–Crippen MR) is 67.0 cm³/mol. The number of thiazole rings is 1. The Kier molecular flexibility index (Phi) is 2.81. The van der Waals surface area contributed by atoms with Crippen molar-refractivity contribution >= 4 is 23.2 Å². The number of hydrogen-bond donors (Lipinski definition) is 0. The second-order valence-electron chi connectivity index (χ2n) is 4.80. The van der Waals surface area contributed by atoms with Crippen LogP contribution in [-0.4, -0.2) is 45.7 Å². The van der Waals surface area contributed by atoms with Crippen molar-refractivity contribution in [3.05, 3.63) is 16.1 Å². The molecule has 5 nitrogen and oxygen atoms in total. The fourth-order valence-corrected chi connectivity index (χ4v) is 3.28. The minimum absolute atomic E-state index is 0.0732. The quantitative estimate of drug-likeness (QED) is 0.794. The van der Waals surface area contributed by atoms with E-state index in [1.165, 1.54) is 0 Å². The van der Waals surface area contributed by atoms with Crippen molar-refractivity contribution in [2.45, 2.75) is 32.4 Å². The van der Waals surface area contributed by atoms with Crippen molar-refractivity contribution in [3.63, 3.8) is 0 Å². The first-order valence-corrected chi connectivity index (χ1v) is 7.02. The third-order valence-electron chi connectivity index (χ3n) is 3.52. The van der Waals surface area contributed by atoms with Crippen molar-refractivity contribution < 1.29 is 9.59 Å². The van der Waals surface area contributed by atoms with Gasteiger partial charge in [-0.1, -0.05) is 0 Å². The van der Waals surface area contributed by atoms with Crippen LogP contribution in [0.1, 0.15) is 23.5 Å². The van der Waals surface area contributed by atoms with E-state index in [9.17, 15) is 9.59 Å². The average molecular weight is 265 g/mol. The maximum absolute atomic E-state index is 12.3. The van der Waals surface area contributed by atoms with Gasteiger partial charge in [0.05, 0.1) is 17.2 Å². The second kappa shape index (κ2) is 4.35. The van der Waals surface area contributed by atoms with Gasteiger partial charge in [-0.3, -0.25) is 9.59 Å². The molecule has 3 heterocycles. The van der Waals surface area contributed by atoms with E-state index in [4.69, 9.17) is 0 Å². The van der Waals surface area contributed by atoms with Gasteiger partial charge in [-0.05, 0) is 19.8 Å². The Balaban J connectivity index is 1.76. The lowest BCUT2D eigenvalue weighted by Crippen LogP contribution is -2.56. The Morgan fingerprint density at radius 2 is 2.33 bits per heavy atom. The molecule has 1 aromatic heterocycles. The maximum Gasteiger partial charge on any atom is 0.246 e. The number of aromatic nitrogens is 1. The van der Waals surface area contributed by atoms with Crippen LogP contribution in [0, 0.1) is 6.92 Å². The molecule has 2 amide bonds. The zero-order valence-corrected chi connectivity index (χ0v) is 11.1. The molecule has 1 unspecified atom stereocenters. The molecule has 2 fully saturated rings. The van der Waals surface area contributed by atoms with Gasteiger partial charge >= 0.3 is 0 Å². The van der Waals surface area contributed by atoms with E-state index in [1.807, 2.05) is 12.3 Å². The number of amides is 2. The molecule has 3 rings (SSSR count). The molecule has 1 aromatic rings. The summed E-state index contributed by atoms with van der Waals surface area (Å²) in [6.45, 7) is 3.33. The molecule has 2 saturated heterocycles. The van der Waals surface area contributed by atoms with E-state index >= 15 is 0 Å². The molecular formula is C12H15N3O2S. The van der Waals surface area contributed by atoms with E-state index in [0.29, 0.717) is 6.54 Å². The minimum atomic E-state index is -0.217. The molecular weight excluding hydrogens is 250 g/mol. The SMILES string of the molecule is Cc1nc(CN2CC(=O)N3CCCC3C2=O)cs1. The summed E-state index contributed by atoms with van der Waals surface area (Å²) in [6.07, 6.45) is 1.74. The summed E-state index contributed by atoms with van der Waals surface area (Å²) in [5.74, 6) is 0.154. The van der Waals surface area contributed by atoms with Crippen molar-refractivity contribution in [1.82, 2.24) is 14.8 Å². The van der Waals surface area contributed by atoms with E-state index in [1.54, 1.807) is 21.1 Å². The van der Waals surface area contributed by atoms with Crippen molar-refractivity contribution in [3.8, 4) is 0 Å². The van der Waals surface area contributed by atoms with Crippen LogP contribution in [0.4, 0.5) is 0 Å². The van der Waals surface area contributed by atoms with Gasteiger partial charge in [0.25, 0.3) is 0 Å². The van der Waals surface area contributed by atoms with E-state index < -0.39 is 0 Å². The van der Waals surface area contributed by atoms with Gasteiger partial charge in [-0.15, -0.1) is 11.3 Å². The third kappa shape index (κ3) is 1.90. The Morgan fingerprint density at radius 1 is 1.50 bits per heavy atom. The molecule has 0 bridgehead atoms. The molecule has 0 aliphatic carbocycles. The molecule has 0 saturated carbocycles. The average Bonchev–Trinajstić information content (AvgIpc) is 2.95. The lowest BCUT2D eigenvalue weighted by Gasteiger charge is -2.36. The number of nitrogens with zero attached hydrogens (tertiary/aromatic N) is 3. The highest BCUT2D eigenvalue weighted by atomic mass is 32.1. The summed E-state index contributed by atoms with van der Waals surface area (Å²) < 4.78 is 0. The van der Waals surface area contributed by atoms with Crippen LogP contribution < -0.4 is 0 Å². The molecule has 6 heteroatoms. The van der Waals surface area contributed by atoms with Gasteiger partial charge in [-0.25, -0.2) is 4.98 Å². The monoisotopic (exact) mass is 265 g/mol. The van der Waals surface area contributed by atoms with Gasteiger partial charge < -0.3 is 9.80 Å². The highest BCUT2D eigenvalue weighted by molar-refractivity contribution is 7.09. The van der Waals surface area contributed by atoms with Gasteiger partial charge in [0.1, 0.15) is 12.6 Å². The summed E-state index contributed by atoms with van der Waals surface area (Å²) in [6, 6.07) is -0.217. The Morgan fingerprint density at radius 3 is 3.06 bits per heavy atom. The molecule has 0 N–H and O–H groups in total. The Hall–Kier alpha value is -1.43. The zero-order chi connectivity index (χ0) is 12.7. The van der Waals surface area contributed by atoms with Crippen LogP contribution in [0.25, 0.3) is 0 Å². The van der Waals surface area contributed by atoms with Gasteiger partial charge in [0, 0.05) is 11.9 Å².